The Hall–Kier alpha value is -2.97. The lowest BCUT2D eigenvalue weighted by molar-refractivity contribution is 0.174. The highest BCUT2D eigenvalue weighted by molar-refractivity contribution is 7.09. The molecule has 0 saturated carbocycles. The third kappa shape index (κ3) is 6.77. The van der Waals surface area contributed by atoms with Crippen LogP contribution < -0.4 is 0 Å². The van der Waals surface area contributed by atoms with E-state index in [1.165, 1.54) is 17.1 Å². The van der Waals surface area contributed by atoms with E-state index in [2.05, 4.69) is 44.7 Å². The molecule has 0 N–H and O–H groups in total. The van der Waals surface area contributed by atoms with Crippen molar-refractivity contribution in [1.29, 1.82) is 0 Å². The van der Waals surface area contributed by atoms with Gasteiger partial charge in [0.2, 0.25) is 0 Å². The van der Waals surface area contributed by atoms with Crippen LogP contribution in [0.25, 0.3) is 16.2 Å². The van der Waals surface area contributed by atoms with Crippen LogP contribution in [0.1, 0.15) is 64.2 Å². The van der Waals surface area contributed by atoms with E-state index in [-0.39, 0.29) is 6.10 Å². The lowest BCUT2D eigenvalue weighted by Gasteiger charge is -2.08. The minimum absolute atomic E-state index is 0.0145. The number of hydrogen-bond donors (Lipinski definition) is 0. The quantitative estimate of drug-likeness (QED) is 0.282. The Labute approximate surface area is 207 Å². The third-order valence-corrected chi connectivity index (χ3v) is 5.79. The minimum atomic E-state index is -0.0145. The number of aliphatic imine (C=N–C) groups is 1. The molecular formula is C26H36N6OS. The SMILES string of the molecule is CC.CC.CCc1cc(Cc2nnc3ccc(-c4cc(C)ns4)nn23)ccc1N=CC(C)OC. The minimum Gasteiger partial charge on any atom is -0.376 e. The fraction of sp³-hybridized carbons (Fsp3) is 0.423. The molecule has 182 valence electrons. The molecule has 4 aromatic rings. The van der Waals surface area contributed by atoms with Crippen molar-refractivity contribution in [2.24, 2.45) is 4.99 Å². The molecule has 34 heavy (non-hydrogen) atoms. The van der Waals surface area contributed by atoms with E-state index in [0.717, 1.165) is 45.4 Å². The number of nitrogens with zero attached hydrogens (tertiary/aromatic N) is 6. The van der Waals surface area contributed by atoms with Crippen LogP contribution in [0.3, 0.4) is 0 Å². The molecule has 0 amide bonds. The summed E-state index contributed by atoms with van der Waals surface area (Å²) in [5, 5.41) is 13.4. The van der Waals surface area contributed by atoms with Crippen molar-refractivity contribution in [3.8, 4) is 10.6 Å². The first-order valence-electron chi connectivity index (χ1n) is 11.9. The van der Waals surface area contributed by atoms with Gasteiger partial charge in [-0.1, -0.05) is 46.8 Å². The molecule has 0 radical (unpaired) electrons. The molecule has 0 aliphatic heterocycles. The first-order chi connectivity index (χ1) is 16.6. The molecule has 1 unspecified atom stereocenters. The molecule has 0 aliphatic carbocycles. The normalized spacial score (nSPS) is 11.6. The van der Waals surface area contributed by atoms with Crippen molar-refractivity contribution >= 4 is 29.1 Å². The van der Waals surface area contributed by atoms with Crippen molar-refractivity contribution < 1.29 is 4.74 Å². The molecule has 0 bridgehead atoms. The first kappa shape index (κ1) is 27.3. The maximum atomic E-state index is 5.25. The van der Waals surface area contributed by atoms with Crippen LogP contribution in [0.5, 0.6) is 0 Å². The van der Waals surface area contributed by atoms with Gasteiger partial charge in [-0.25, -0.2) is 0 Å². The number of fused-ring (bicyclic) bond motifs is 1. The van der Waals surface area contributed by atoms with E-state index in [1.807, 2.05) is 70.5 Å². The maximum Gasteiger partial charge on any atom is 0.177 e. The topological polar surface area (TPSA) is 77.6 Å². The van der Waals surface area contributed by atoms with Crippen LogP contribution in [-0.2, 0) is 17.6 Å². The van der Waals surface area contributed by atoms with Gasteiger partial charge in [-0.15, -0.1) is 10.2 Å². The fourth-order valence-corrected chi connectivity index (χ4v) is 3.87. The van der Waals surface area contributed by atoms with Crippen LogP contribution >= 0.6 is 11.5 Å². The molecule has 8 heteroatoms. The third-order valence-electron chi connectivity index (χ3n) is 4.89. The van der Waals surface area contributed by atoms with Gasteiger partial charge in [0.15, 0.2) is 11.5 Å². The molecule has 0 spiro atoms. The van der Waals surface area contributed by atoms with Gasteiger partial charge in [-0.2, -0.15) is 14.0 Å². The zero-order chi connectivity index (χ0) is 25.1. The molecule has 7 nitrogen and oxygen atoms in total. The molecule has 0 aliphatic rings. The Bertz CT molecular complexity index is 1200. The highest BCUT2D eigenvalue weighted by atomic mass is 32.1. The van der Waals surface area contributed by atoms with Gasteiger partial charge < -0.3 is 4.74 Å². The van der Waals surface area contributed by atoms with Crippen molar-refractivity contribution in [1.82, 2.24) is 24.2 Å². The van der Waals surface area contributed by atoms with Gasteiger partial charge in [-0.05, 0) is 67.2 Å². The van der Waals surface area contributed by atoms with E-state index in [9.17, 15) is 0 Å². The van der Waals surface area contributed by atoms with Gasteiger partial charge in [0.25, 0.3) is 0 Å². The smallest absolute Gasteiger partial charge is 0.177 e. The molecule has 0 saturated heterocycles. The second-order valence-electron chi connectivity index (χ2n) is 7.15. The predicted molar refractivity (Wildman–Crippen MR) is 143 cm³/mol. The van der Waals surface area contributed by atoms with Crippen molar-refractivity contribution in [2.45, 2.75) is 67.4 Å². The van der Waals surface area contributed by atoms with Crippen LogP contribution in [0.4, 0.5) is 5.69 Å². The summed E-state index contributed by atoms with van der Waals surface area (Å²) in [6.45, 7) is 14.1. The Morgan fingerprint density at radius 2 is 1.85 bits per heavy atom. The number of aromatic nitrogens is 5. The van der Waals surface area contributed by atoms with Crippen LogP contribution in [0.2, 0.25) is 0 Å². The zero-order valence-electron chi connectivity index (χ0n) is 21.5. The Morgan fingerprint density at radius 3 is 2.50 bits per heavy atom. The van der Waals surface area contributed by atoms with E-state index < -0.39 is 0 Å². The maximum absolute atomic E-state index is 5.25. The van der Waals surface area contributed by atoms with E-state index >= 15 is 0 Å². The number of hydrogen-bond acceptors (Lipinski definition) is 7. The number of ether oxygens (including phenoxy) is 1. The van der Waals surface area contributed by atoms with Crippen LogP contribution in [0, 0.1) is 6.92 Å². The second kappa shape index (κ2) is 13.7. The Kier molecular flexibility index (Phi) is 11.0. The predicted octanol–water partition coefficient (Wildman–Crippen LogP) is 6.50. The highest BCUT2D eigenvalue weighted by Crippen LogP contribution is 2.25. The molecule has 3 aromatic heterocycles. The Morgan fingerprint density at radius 1 is 1.09 bits per heavy atom. The average Bonchev–Trinajstić information content (AvgIpc) is 3.51. The number of benzene rings is 1. The van der Waals surface area contributed by atoms with E-state index in [0.29, 0.717) is 6.42 Å². The first-order valence-corrected chi connectivity index (χ1v) is 12.7. The summed E-state index contributed by atoms with van der Waals surface area (Å²) >= 11 is 1.45. The van der Waals surface area contributed by atoms with Gasteiger partial charge in [-0.3, -0.25) is 4.99 Å². The summed E-state index contributed by atoms with van der Waals surface area (Å²) in [6.07, 6.45) is 3.35. The van der Waals surface area contributed by atoms with E-state index in [4.69, 9.17) is 9.84 Å². The molecule has 1 aromatic carbocycles. The zero-order valence-corrected chi connectivity index (χ0v) is 22.3. The highest BCUT2D eigenvalue weighted by Gasteiger charge is 2.12. The van der Waals surface area contributed by atoms with Gasteiger partial charge in [0.1, 0.15) is 5.69 Å². The second-order valence-corrected chi connectivity index (χ2v) is 7.95. The van der Waals surface area contributed by atoms with Crippen LogP contribution in [-0.4, -0.2) is 43.6 Å². The molecule has 1 atom stereocenters. The molecule has 4 rings (SSSR count). The Balaban J connectivity index is 0.000000970. The van der Waals surface area contributed by atoms with Crippen molar-refractivity contribution in [2.75, 3.05) is 7.11 Å². The lowest BCUT2D eigenvalue weighted by Crippen LogP contribution is -2.05. The van der Waals surface area contributed by atoms with Crippen LogP contribution in [0.15, 0.2) is 41.4 Å². The average molecular weight is 481 g/mol. The lowest BCUT2D eigenvalue weighted by atomic mass is 10.0. The largest absolute Gasteiger partial charge is 0.376 e. The number of methoxy groups -OCH3 is 1. The number of aryl methyl sites for hydroxylation is 2. The molecule has 3 heterocycles. The standard InChI is InChI=1S/C22H24N6OS.2C2H6/c1-5-17-11-16(6-7-18(17)23-13-15(3)29-4)12-22-25-24-21-9-8-19(26-28(21)22)20-10-14(2)27-30-20;2*1-2/h6-11,13,15H,5,12H2,1-4H3;2*1-2H3. The summed E-state index contributed by atoms with van der Waals surface area (Å²) in [5.74, 6) is 0.805. The molecular weight excluding hydrogens is 444 g/mol. The van der Waals surface area contributed by atoms with Crippen molar-refractivity contribution in [3.05, 3.63) is 59.0 Å². The monoisotopic (exact) mass is 480 g/mol. The van der Waals surface area contributed by atoms with Gasteiger partial charge in [0.05, 0.1) is 22.4 Å². The van der Waals surface area contributed by atoms with Gasteiger partial charge >= 0.3 is 0 Å². The summed E-state index contributed by atoms with van der Waals surface area (Å²) in [4.78, 5) is 5.62. The summed E-state index contributed by atoms with van der Waals surface area (Å²) in [7, 11) is 1.68. The van der Waals surface area contributed by atoms with Gasteiger partial charge in [0, 0.05) is 19.7 Å². The summed E-state index contributed by atoms with van der Waals surface area (Å²) in [6, 6.07) is 12.3. The number of rotatable bonds is 7. The van der Waals surface area contributed by atoms with Crippen molar-refractivity contribution in [3.63, 3.8) is 0 Å². The van der Waals surface area contributed by atoms with E-state index in [1.54, 1.807) is 7.11 Å². The summed E-state index contributed by atoms with van der Waals surface area (Å²) in [5.41, 5.74) is 5.92. The fourth-order valence-electron chi connectivity index (χ4n) is 3.15. The summed E-state index contributed by atoms with van der Waals surface area (Å²) < 4.78 is 11.4. The molecule has 0 fully saturated rings.